The lowest BCUT2D eigenvalue weighted by atomic mass is 10.2. The van der Waals surface area contributed by atoms with Gasteiger partial charge in [-0.2, -0.15) is 0 Å². The SMILES string of the molecule is CN(C)c1nnc(Sc2cc3c(cc2N)OCCO3)s1. The van der Waals surface area contributed by atoms with E-state index in [0.717, 1.165) is 20.1 Å². The van der Waals surface area contributed by atoms with Crippen LogP contribution in [0, 0.1) is 0 Å². The van der Waals surface area contributed by atoms with Gasteiger partial charge in [0.1, 0.15) is 13.2 Å². The molecule has 2 N–H and O–H groups in total. The fourth-order valence-electron chi connectivity index (χ4n) is 1.69. The highest BCUT2D eigenvalue weighted by Crippen LogP contribution is 2.42. The predicted octanol–water partition coefficient (Wildman–Crippen LogP) is 2.11. The molecule has 0 unspecified atom stereocenters. The van der Waals surface area contributed by atoms with Crippen LogP contribution >= 0.6 is 23.1 Å². The molecular formula is C12H14N4O2S2. The topological polar surface area (TPSA) is 73.5 Å². The van der Waals surface area contributed by atoms with Gasteiger partial charge in [0.15, 0.2) is 15.8 Å². The number of anilines is 2. The molecule has 1 aromatic carbocycles. The molecule has 0 saturated carbocycles. The zero-order valence-corrected chi connectivity index (χ0v) is 12.8. The van der Waals surface area contributed by atoms with Crippen molar-refractivity contribution in [1.29, 1.82) is 0 Å². The summed E-state index contributed by atoms with van der Waals surface area (Å²) in [6.07, 6.45) is 0. The third kappa shape index (κ3) is 2.61. The van der Waals surface area contributed by atoms with Crippen LogP contribution in [0.2, 0.25) is 0 Å². The van der Waals surface area contributed by atoms with Crippen LogP contribution in [0.3, 0.4) is 0 Å². The molecule has 0 fully saturated rings. The fraction of sp³-hybridized carbons (Fsp3) is 0.333. The van der Waals surface area contributed by atoms with Gasteiger partial charge in [0, 0.05) is 36.8 Å². The predicted molar refractivity (Wildman–Crippen MR) is 80.2 cm³/mol. The lowest BCUT2D eigenvalue weighted by Crippen LogP contribution is -2.15. The highest BCUT2D eigenvalue weighted by atomic mass is 32.2. The monoisotopic (exact) mass is 310 g/mol. The summed E-state index contributed by atoms with van der Waals surface area (Å²) in [7, 11) is 3.88. The van der Waals surface area contributed by atoms with Crippen molar-refractivity contribution in [2.24, 2.45) is 0 Å². The largest absolute Gasteiger partial charge is 0.486 e. The summed E-state index contributed by atoms with van der Waals surface area (Å²) in [6.45, 7) is 1.12. The van der Waals surface area contributed by atoms with Crippen LogP contribution in [-0.4, -0.2) is 37.5 Å². The molecule has 0 spiro atoms. The van der Waals surface area contributed by atoms with E-state index in [1.54, 1.807) is 6.07 Å². The summed E-state index contributed by atoms with van der Waals surface area (Å²) in [5.41, 5.74) is 6.70. The van der Waals surface area contributed by atoms with Crippen molar-refractivity contribution in [3.63, 3.8) is 0 Å². The molecule has 0 amide bonds. The molecule has 1 aliphatic rings. The summed E-state index contributed by atoms with van der Waals surface area (Å²) in [5.74, 6) is 1.43. The van der Waals surface area contributed by atoms with E-state index >= 15 is 0 Å². The van der Waals surface area contributed by atoms with E-state index < -0.39 is 0 Å². The van der Waals surface area contributed by atoms with E-state index in [-0.39, 0.29) is 0 Å². The van der Waals surface area contributed by atoms with Crippen molar-refractivity contribution in [3.05, 3.63) is 12.1 Å². The minimum atomic E-state index is 0.557. The Kier molecular flexibility index (Phi) is 3.58. The van der Waals surface area contributed by atoms with E-state index in [1.807, 2.05) is 25.1 Å². The molecule has 1 aromatic heterocycles. The zero-order valence-electron chi connectivity index (χ0n) is 11.1. The molecule has 106 valence electrons. The van der Waals surface area contributed by atoms with Crippen molar-refractivity contribution < 1.29 is 9.47 Å². The van der Waals surface area contributed by atoms with Crippen molar-refractivity contribution in [2.45, 2.75) is 9.24 Å². The second-order valence-electron chi connectivity index (χ2n) is 4.38. The summed E-state index contributed by atoms with van der Waals surface area (Å²) < 4.78 is 11.9. The number of nitrogens with two attached hydrogens (primary N) is 1. The Morgan fingerprint density at radius 3 is 2.55 bits per heavy atom. The lowest BCUT2D eigenvalue weighted by molar-refractivity contribution is 0.171. The highest BCUT2D eigenvalue weighted by molar-refractivity contribution is 8.01. The molecular weight excluding hydrogens is 296 g/mol. The zero-order chi connectivity index (χ0) is 14.1. The molecule has 3 rings (SSSR count). The van der Waals surface area contributed by atoms with Crippen molar-refractivity contribution >= 4 is 33.9 Å². The van der Waals surface area contributed by atoms with Crippen LogP contribution in [0.25, 0.3) is 0 Å². The van der Waals surface area contributed by atoms with E-state index in [4.69, 9.17) is 15.2 Å². The molecule has 1 aliphatic heterocycles. The van der Waals surface area contributed by atoms with E-state index in [9.17, 15) is 0 Å². The first-order valence-corrected chi connectivity index (χ1v) is 7.64. The van der Waals surface area contributed by atoms with Gasteiger partial charge in [0.25, 0.3) is 0 Å². The summed E-state index contributed by atoms with van der Waals surface area (Å²) in [6, 6.07) is 3.69. The molecule has 0 saturated heterocycles. The number of fused-ring (bicyclic) bond motifs is 1. The van der Waals surface area contributed by atoms with Crippen molar-refractivity contribution in [3.8, 4) is 11.5 Å². The van der Waals surface area contributed by atoms with Crippen LogP contribution in [0.5, 0.6) is 11.5 Å². The Labute approximate surface area is 124 Å². The average molecular weight is 310 g/mol. The van der Waals surface area contributed by atoms with Gasteiger partial charge in [-0.25, -0.2) is 0 Å². The molecule has 0 bridgehead atoms. The van der Waals surface area contributed by atoms with Gasteiger partial charge in [0.05, 0.1) is 0 Å². The summed E-state index contributed by atoms with van der Waals surface area (Å²) in [5, 5.41) is 9.12. The third-order valence-corrected chi connectivity index (χ3v) is 4.87. The highest BCUT2D eigenvalue weighted by Gasteiger charge is 2.16. The van der Waals surface area contributed by atoms with Gasteiger partial charge in [-0.3, -0.25) is 0 Å². The number of nitrogen functional groups attached to an aromatic ring is 1. The first kappa shape index (κ1) is 13.3. The van der Waals surface area contributed by atoms with Gasteiger partial charge < -0.3 is 20.1 Å². The molecule has 20 heavy (non-hydrogen) atoms. The number of hydrogen-bond donors (Lipinski definition) is 1. The summed E-state index contributed by atoms with van der Waals surface area (Å²) >= 11 is 3.00. The van der Waals surface area contributed by atoms with E-state index in [0.29, 0.717) is 24.7 Å². The van der Waals surface area contributed by atoms with Gasteiger partial charge in [-0.1, -0.05) is 23.1 Å². The maximum Gasteiger partial charge on any atom is 0.208 e. The Hall–Kier alpha value is -1.67. The molecule has 6 nitrogen and oxygen atoms in total. The fourth-order valence-corrected chi connectivity index (χ4v) is 3.47. The van der Waals surface area contributed by atoms with Crippen LogP contribution in [0.15, 0.2) is 21.4 Å². The van der Waals surface area contributed by atoms with Gasteiger partial charge in [-0.05, 0) is 0 Å². The number of hydrogen-bond acceptors (Lipinski definition) is 8. The van der Waals surface area contributed by atoms with Crippen LogP contribution in [-0.2, 0) is 0 Å². The number of nitrogens with zero attached hydrogens (tertiary/aromatic N) is 3. The van der Waals surface area contributed by atoms with Crippen molar-refractivity contribution in [2.75, 3.05) is 37.9 Å². The van der Waals surface area contributed by atoms with Crippen LogP contribution in [0.4, 0.5) is 10.8 Å². The second-order valence-corrected chi connectivity index (χ2v) is 6.63. The Morgan fingerprint density at radius 1 is 1.20 bits per heavy atom. The third-order valence-electron chi connectivity index (χ3n) is 2.65. The maximum atomic E-state index is 6.05. The quantitative estimate of drug-likeness (QED) is 0.870. The van der Waals surface area contributed by atoms with Gasteiger partial charge in [-0.15, -0.1) is 10.2 Å². The Balaban J connectivity index is 1.86. The van der Waals surface area contributed by atoms with Gasteiger partial charge in [0.2, 0.25) is 5.13 Å². The van der Waals surface area contributed by atoms with Gasteiger partial charge >= 0.3 is 0 Å². The van der Waals surface area contributed by atoms with E-state index in [2.05, 4.69) is 10.2 Å². The Morgan fingerprint density at radius 2 is 1.90 bits per heavy atom. The molecule has 2 heterocycles. The number of benzene rings is 1. The van der Waals surface area contributed by atoms with E-state index in [1.165, 1.54) is 23.1 Å². The normalized spacial score (nSPS) is 13.3. The average Bonchev–Trinajstić information content (AvgIpc) is 2.88. The standard InChI is InChI=1S/C12H14N4O2S2/c1-16(2)11-14-15-12(20-11)19-10-6-9-8(5-7(10)13)17-3-4-18-9/h5-6H,3-4,13H2,1-2H3. The minimum Gasteiger partial charge on any atom is -0.486 e. The second kappa shape index (κ2) is 5.37. The number of aromatic nitrogens is 2. The number of ether oxygens (including phenoxy) is 2. The molecule has 8 heteroatoms. The van der Waals surface area contributed by atoms with Crippen LogP contribution in [0.1, 0.15) is 0 Å². The molecule has 0 radical (unpaired) electrons. The van der Waals surface area contributed by atoms with Crippen LogP contribution < -0.4 is 20.1 Å². The van der Waals surface area contributed by atoms with Crippen molar-refractivity contribution in [1.82, 2.24) is 10.2 Å². The first-order valence-electron chi connectivity index (χ1n) is 6.01. The molecule has 0 atom stereocenters. The smallest absolute Gasteiger partial charge is 0.208 e. The lowest BCUT2D eigenvalue weighted by Gasteiger charge is -2.19. The Bertz CT molecular complexity index is 630. The minimum absolute atomic E-state index is 0.557. The number of rotatable bonds is 3. The molecule has 0 aliphatic carbocycles. The maximum absolute atomic E-state index is 6.05. The molecule has 2 aromatic rings. The first-order chi connectivity index (χ1) is 9.63. The summed E-state index contributed by atoms with van der Waals surface area (Å²) in [4.78, 5) is 2.82.